The molecule has 1 fully saturated rings. The van der Waals surface area contributed by atoms with Crippen LogP contribution in [0.15, 0.2) is 0 Å². The fraction of sp³-hybridized carbons (Fsp3) is 1.00. The minimum absolute atomic E-state index is 0.271. The molecule has 6 nitrogen and oxygen atoms in total. The van der Waals surface area contributed by atoms with Gasteiger partial charge >= 0.3 is 0 Å². The van der Waals surface area contributed by atoms with Crippen LogP contribution >= 0.6 is 0 Å². The van der Waals surface area contributed by atoms with Crippen molar-refractivity contribution in [2.75, 3.05) is 53.5 Å². The van der Waals surface area contributed by atoms with Crippen LogP contribution in [0, 0.1) is 0 Å². The number of methoxy groups -OCH3 is 1. The second-order valence-corrected chi connectivity index (χ2v) is 6.40. The van der Waals surface area contributed by atoms with E-state index in [1.807, 2.05) is 11.9 Å². The van der Waals surface area contributed by atoms with Gasteiger partial charge in [0.15, 0.2) is 0 Å². The average molecular weight is 265 g/mol. The van der Waals surface area contributed by atoms with Gasteiger partial charge in [-0.05, 0) is 20.0 Å². The molecule has 0 aromatic rings. The van der Waals surface area contributed by atoms with Gasteiger partial charge in [-0.2, -0.15) is 0 Å². The Kier molecular flexibility index (Phi) is 6.35. The zero-order chi connectivity index (χ0) is 12.7. The summed E-state index contributed by atoms with van der Waals surface area (Å²) >= 11 is 0. The number of likely N-dealkylation sites (N-methyl/N-ethyl adjacent to an activating group) is 1. The molecule has 0 saturated carbocycles. The third kappa shape index (κ3) is 5.31. The molecule has 0 amide bonds. The first kappa shape index (κ1) is 14.8. The Morgan fingerprint density at radius 2 is 2.24 bits per heavy atom. The molecule has 0 aromatic heterocycles. The summed E-state index contributed by atoms with van der Waals surface area (Å²) in [5, 5.41) is 2.79. The molecule has 0 radical (unpaired) electrons. The van der Waals surface area contributed by atoms with Crippen molar-refractivity contribution in [1.29, 1.82) is 0 Å². The summed E-state index contributed by atoms with van der Waals surface area (Å²) in [6, 6.07) is 0. The lowest BCUT2D eigenvalue weighted by atomic mass is 10.4. The van der Waals surface area contributed by atoms with E-state index in [-0.39, 0.29) is 5.25 Å². The maximum Gasteiger partial charge on any atom is 0.215 e. The summed E-state index contributed by atoms with van der Waals surface area (Å²) in [5.41, 5.74) is 0. The molecule has 0 aromatic carbocycles. The zero-order valence-electron chi connectivity index (χ0n) is 10.6. The predicted octanol–water partition coefficient (Wildman–Crippen LogP) is -1.15. The molecule has 2 N–H and O–H groups in total. The highest BCUT2D eigenvalue weighted by Gasteiger charge is 2.27. The van der Waals surface area contributed by atoms with Crippen LogP contribution in [0.2, 0.25) is 0 Å². The number of ether oxygens (including phenoxy) is 1. The number of hydrogen-bond donors (Lipinski definition) is 2. The van der Waals surface area contributed by atoms with Gasteiger partial charge in [-0.25, -0.2) is 13.1 Å². The summed E-state index contributed by atoms with van der Waals surface area (Å²) in [7, 11) is 0.459. The highest BCUT2D eigenvalue weighted by atomic mass is 32.2. The quantitative estimate of drug-likeness (QED) is 0.580. The van der Waals surface area contributed by atoms with Gasteiger partial charge < -0.3 is 15.0 Å². The fourth-order valence-electron chi connectivity index (χ4n) is 1.75. The van der Waals surface area contributed by atoms with Crippen molar-refractivity contribution >= 4 is 10.0 Å². The number of rotatable bonds is 8. The summed E-state index contributed by atoms with van der Waals surface area (Å²) < 4.78 is 31.3. The SMILES string of the molecule is COCCN(C)CCNS(=O)(=O)C1CCNC1. The van der Waals surface area contributed by atoms with Crippen LogP contribution in [-0.2, 0) is 14.8 Å². The Hall–Kier alpha value is -0.210. The van der Waals surface area contributed by atoms with Crippen LogP contribution in [0.25, 0.3) is 0 Å². The van der Waals surface area contributed by atoms with Crippen molar-refractivity contribution in [3.63, 3.8) is 0 Å². The van der Waals surface area contributed by atoms with E-state index in [9.17, 15) is 8.42 Å². The molecule has 0 spiro atoms. The topological polar surface area (TPSA) is 70.7 Å². The van der Waals surface area contributed by atoms with E-state index in [2.05, 4.69) is 10.0 Å². The van der Waals surface area contributed by atoms with Gasteiger partial charge in [0.25, 0.3) is 0 Å². The van der Waals surface area contributed by atoms with Crippen molar-refractivity contribution in [2.24, 2.45) is 0 Å². The standard InChI is InChI=1S/C10H23N3O3S/c1-13(7-8-16-2)6-5-12-17(14,15)10-3-4-11-9-10/h10-12H,3-9H2,1-2H3. The van der Waals surface area contributed by atoms with E-state index in [1.165, 1.54) is 0 Å². The molecule has 0 bridgehead atoms. The molecule has 1 aliphatic heterocycles. The van der Waals surface area contributed by atoms with E-state index in [0.717, 1.165) is 13.1 Å². The molecule has 102 valence electrons. The maximum absolute atomic E-state index is 11.8. The number of nitrogens with zero attached hydrogens (tertiary/aromatic N) is 1. The third-order valence-corrected chi connectivity index (χ3v) is 4.81. The van der Waals surface area contributed by atoms with E-state index in [0.29, 0.717) is 32.7 Å². The lowest BCUT2D eigenvalue weighted by Gasteiger charge is -2.17. The summed E-state index contributed by atoms with van der Waals surface area (Å²) in [6.07, 6.45) is 0.703. The highest BCUT2D eigenvalue weighted by Crippen LogP contribution is 2.07. The normalized spacial score (nSPS) is 21.2. The van der Waals surface area contributed by atoms with Gasteiger partial charge in [0.05, 0.1) is 11.9 Å². The summed E-state index contributed by atoms with van der Waals surface area (Å²) in [6.45, 7) is 3.98. The number of sulfonamides is 1. The largest absolute Gasteiger partial charge is 0.383 e. The summed E-state index contributed by atoms with van der Waals surface area (Å²) in [4.78, 5) is 2.04. The molecule has 0 aliphatic carbocycles. The smallest absolute Gasteiger partial charge is 0.215 e. The highest BCUT2D eigenvalue weighted by molar-refractivity contribution is 7.90. The van der Waals surface area contributed by atoms with E-state index < -0.39 is 10.0 Å². The first-order chi connectivity index (χ1) is 8.06. The van der Waals surface area contributed by atoms with Gasteiger partial charge in [0.1, 0.15) is 0 Å². The Bertz CT molecular complexity index is 302. The molecule has 1 saturated heterocycles. The molecule has 1 unspecified atom stereocenters. The maximum atomic E-state index is 11.8. The van der Waals surface area contributed by atoms with Crippen LogP contribution in [0.1, 0.15) is 6.42 Å². The molecule has 1 rings (SSSR count). The zero-order valence-corrected chi connectivity index (χ0v) is 11.4. The molecular weight excluding hydrogens is 242 g/mol. The summed E-state index contributed by atoms with van der Waals surface area (Å²) in [5.74, 6) is 0. The number of nitrogens with one attached hydrogen (secondary N) is 2. The van der Waals surface area contributed by atoms with Gasteiger partial charge in [-0.3, -0.25) is 0 Å². The Morgan fingerprint density at radius 1 is 1.47 bits per heavy atom. The molecule has 1 heterocycles. The number of hydrogen-bond acceptors (Lipinski definition) is 5. The van der Waals surface area contributed by atoms with Crippen LogP contribution in [-0.4, -0.2) is 72.1 Å². The van der Waals surface area contributed by atoms with E-state index >= 15 is 0 Å². The van der Waals surface area contributed by atoms with Crippen molar-refractivity contribution in [2.45, 2.75) is 11.7 Å². The first-order valence-electron chi connectivity index (χ1n) is 5.93. The Labute approximate surface area is 104 Å². The van der Waals surface area contributed by atoms with Crippen LogP contribution in [0.3, 0.4) is 0 Å². The van der Waals surface area contributed by atoms with Crippen LogP contribution in [0.5, 0.6) is 0 Å². The fourth-order valence-corrected chi connectivity index (χ4v) is 3.13. The Morgan fingerprint density at radius 3 is 2.82 bits per heavy atom. The van der Waals surface area contributed by atoms with Crippen molar-refractivity contribution in [3.05, 3.63) is 0 Å². The van der Waals surface area contributed by atoms with Crippen LogP contribution < -0.4 is 10.0 Å². The predicted molar refractivity (Wildman–Crippen MR) is 67.6 cm³/mol. The van der Waals surface area contributed by atoms with Gasteiger partial charge in [0.2, 0.25) is 10.0 Å². The van der Waals surface area contributed by atoms with E-state index in [4.69, 9.17) is 4.74 Å². The lowest BCUT2D eigenvalue weighted by molar-refractivity contribution is 0.162. The van der Waals surface area contributed by atoms with Crippen LogP contribution in [0.4, 0.5) is 0 Å². The lowest BCUT2D eigenvalue weighted by Crippen LogP contribution is -2.40. The first-order valence-corrected chi connectivity index (χ1v) is 7.47. The second-order valence-electron chi connectivity index (χ2n) is 4.35. The van der Waals surface area contributed by atoms with Gasteiger partial charge in [-0.1, -0.05) is 0 Å². The van der Waals surface area contributed by atoms with Crippen molar-refractivity contribution in [1.82, 2.24) is 14.9 Å². The molecule has 1 atom stereocenters. The Balaban J connectivity index is 2.20. The molecule has 1 aliphatic rings. The second kappa shape index (κ2) is 7.27. The van der Waals surface area contributed by atoms with E-state index in [1.54, 1.807) is 7.11 Å². The third-order valence-electron chi connectivity index (χ3n) is 2.93. The monoisotopic (exact) mass is 265 g/mol. The molecule has 7 heteroatoms. The van der Waals surface area contributed by atoms with Gasteiger partial charge in [0, 0.05) is 33.3 Å². The minimum Gasteiger partial charge on any atom is -0.383 e. The molecule has 17 heavy (non-hydrogen) atoms. The average Bonchev–Trinajstić information content (AvgIpc) is 2.80. The van der Waals surface area contributed by atoms with Crippen molar-refractivity contribution < 1.29 is 13.2 Å². The molecular formula is C10H23N3O3S. The minimum atomic E-state index is -3.15. The van der Waals surface area contributed by atoms with Crippen molar-refractivity contribution in [3.8, 4) is 0 Å². The van der Waals surface area contributed by atoms with Gasteiger partial charge in [-0.15, -0.1) is 0 Å².